The van der Waals surface area contributed by atoms with Gasteiger partial charge in [-0.1, -0.05) is 17.7 Å². The van der Waals surface area contributed by atoms with E-state index in [0.717, 1.165) is 6.07 Å². The molecule has 0 aromatic heterocycles. The van der Waals surface area contributed by atoms with Gasteiger partial charge in [-0.05, 0) is 13.0 Å². The van der Waals surface area contributed by atoms with Crippen molar-refractivity contribution in [3.05, 3.63) is 38.9 Å². The van der Waals surface area contributed by atoms with Gasteiger partial charge in [0.25, 0.3) is 11.6 Å². The number of carbonyl (C=O) groups is 2. The Bertz CT molecular complexity index is 517. The second-order valence-corrected chi connectivity index (χ2v) is 3.81. The van der Waals surface area contributed by atoms with E-state index in [2.05, 4.69) is 5.32 Å². The zero-order valence-electron chi connectivity index (χ0n) is 9.21. The number of nitro groups is 1. The van der Waals surface area contributed by atoms with Crippen molar-refractivity contribution in [2.45, 2.75) is 13.0 Å². The molecule has 0 saturated carbocycles. The van der Waals surface area contributed by atoms with Crippen LogP contribution in [-0.2, 0) is 4.79 Å². The van der Waals surface area contributed by atoms with Crippen molar-refractivity contribution in [1.82, 2.24) is 5.32 Å². The van der Waals surface area contributed by atoms with Crippen molar-refractivity contribution in [1.29, 1.82) is 0 Å². The van der Waals surface area contributed by atoms with Gasteiger partial charge in [0.1, 0.15) is 11.1 Å². The van der Waals surface area contributed by atoms with Gasteiger partial charge in [-0.15, -0.1) is 0 Å². The standard InChI is InChI=1S/C10H9ClN2O5/c1-5(10(15)16)12-9(14)6-3-2-4-7(8(6)11)13(17)18/h2-5H,1H3,(H,12,14)(H,15,16)/t5-/m1/s1. The molecule has 1 amide bonds. The van der Waals surface area contributed by atoms with Crippen LogP contribution >= 0.6 is 11.6 Å². The summed E-state index contributed by atoms with van der Waals surface area (Å²) in [4.78, 5) is 32.1. The molecular formula is C10H9ClN2O5. The van der Waals surface area contributed by atoms with Crippen LogP contribution in [0.2, 0.25) is 5.02 Å². The minimum atomic E-state index is -1.22. The maximum Gasteiger partial charge on any atom is 0.325 e. The summed E-state index contributed by atoms with van der Waals surface area (Å²) in [5, 5.41) is 21.1. The molecule has 7 nitrogen and oxygen atoms in total. The first-order valence-corrected chi connectivity index (χ1v) is 5.19. The molecule has 96 valence electrons. The molecule has 0 unspecified atom stereocenters. The average molecular weight is 273 g/mol. The predicted molar refractivity (Wildman–Crippen MR) is 62.7 cm³/mol. The van der Waals surface area contributed by atoms with Crippen molar-refractivity contribution in [2.75, 3.05) is 0 Å². The monoisotopic (exact) mass is 272 g/mol. The molecule has 8 heteroatoms. The molecule has 1 rings (SSSR count). The van der Waals surface area contributed by atoms with Crippen LogP contribution in [0.25, 0.3) is 0 Å². The zero-order chi connectivity index (χ0) is 13.9. The normalized spacial score (nSPS) is 11.7. The molecule has 1 aromatic carbocycles. The molecule has 0 saturated heterocycles. The summed E-state index contributed by atoms with van der Waals surface area (Å²) in [5.41, 5.74) is -0.550. The van der Waals surface area contributed by atoms with Crippen LogP contribution in [0.3, 0.4) is 0 Å². The first-order chi connectivity index (χ1) is 8.34. The first-order valence-electron chi connectivity index (χ1n) is 4.81. The molecule has 0 spiro atoms. The van der Waals surface area contributed by atoms with Crippen LogP contribution in [0.1, 0.15) is 17.3 Å². The van der Waals surface area contributed by atoms with Gasteiger partial charge < -0.3 is 10.4 Å². The number of carboxylic acids is 1. The number of benzene rings is 1. The van der Waals surface area contributed by atoms with Crippen LogP contribution in [0, 0.1) is 10.1 Å². The van der Waals surface area contributed by atoms with E-state index in [1.165, 1.54) is 19.1 Å². The predicted octanol–water partition coefficient (Wildman–Crippen LogP) is 1.45. The topological polar surface area (TPSA) is 110 Å². The summed E-state index contributed by atoms with van der Waals surface area (Å²) in [5.74, 6) is -2.00. The van der Waals surface area contributed by atoms with Crippen molar-refractivity contribution < 1.29 is 19.6 Å². The van der Waals surface area contributed by atoms with Gasteiger partial charge in [0, 0.05) is 6.07 Å². The second-order valence-electron chi connectivity index (χ2n) is 3.43. The fourth-order valence-electron chi connectivity index (χ4n) is 1.17. The number of halogens is 1. The van der Waals surface area contributed by atoms with E-state index in [1.807, 2.05) is 0 Å². The molecule has 18 heavy (non-hydrogen) atoms. The lowest BCUT2D eigenvalue weighted by Gasteiger charge is -2.10. The minimum Gasteiger partial charge on any atom is -0.480 e. The lowest BCUT2D eigenvalue weighted by molar-refractivity contribution is -0.384. The van der Waals surface area contributed by atoms with E-state index in [9.17, 15) is 19.7 Å². The molecule has 2 N–H and O–H groups in total. The number of carboxylic acid groups (broad SMARTS) is 1. The van der Waals surface area contributed by atoms with Crippen LogP contribution in [0.15, 0.2) is 18.2 Å². The molecule has 0 radical (unpaired) electrons. The third-order valence-electron chi connectivity index (χ3n) is 2.14. The van der Waals surface area contributed by atoms with Crippen molar-refractivity contribution in [3.63, 3.8) is 0 Å². The van der Waals surface area contributed by atoms with Crippen molar-refractivity contribution >= 4 is 29.2 Å². The summed E-state index contributed by atoms with van der Waals surface area (Å²) in [6.45, 7) is 1.27. The summed E-state index contributed by atoms with van der Waals surface area (Å²) < 4.78 is 0. The van der Waals surface area contributed by atoms with Crippen molar-refractivity contribution in [3.8, 4) is 0 Å². The molecule has 1 atom stereocenters. The van der Waals surface area contributed by atoms with E-state index < -0.39 is 28.5 Å². The Kier molecular flexibility index (Phi) is 4.22. The number of nitro benzene ring substituents is 1. The molecular weight excluding hydrogens is 264 g/mol. The smallest absolute Gasteiger partial charge is 0.325 e. The Balaban J connectivity index is 3.04. The summed E-state index contributed by atoms with van der Waals surface area (Å²) >= 11 is 5.71. The lowest BCUT2D eigenvalue weighted by atomic mass is 10.1. The van der Waals surface area contributed by atoms with E-state index in [1.54, 1.807) is 0 Å². The lowest BCUT2D eigenvalue weighted by Crippen LogP contribution is -2.38. The number of hydrogen-bond donors (Lipinski definition) is 2. The Hall–Kier alpha value is -2.15. The third-order valence-corrected chi connectivity index (χ3v) is 2.53. The van der Waals surface area contributed by atoms with Gasteiger partial charge >= 0.3 is 5.97 Å². The molecule has 0 heterocycles. The number of nitrogens with zero attached hydrogens (tertiary/aromatic N) is 1. The number of amides is 1. The van der Waals surface area contributed by atoms with Crippen molar-refractivity contribution in [2.24, 2.45) is 0 Å². The Morgan fingerprint density at radius 3 is 2.61 bits per heavy atom. The van der Waals surface area contributed by atoms with Crippen LogP contribution < -0.4 is 5.32 Å². The van der Waals surface area contributed by atoms with Gasteiger partial charge in [0.2, 0.25) is 0 Å². The van der Waals surface area contributed by atoms with Gasteiger partial charge in [-0.2, -0.15) is 0 Å². The number of rotatable bonds is 4. The fraction of sp³-hybridized carbons (Fsp3) is 0.200. The third kappa shape index (κ3) is 2.95. The highest BCUT2D eigenvalue weighted by molar-refractivity contribution is 6.35. The number of nitrogens with one attached hydrogen (secondary N) is 1. The Morgan fingerprint density at radius 1 is 1.50 bits per heavy atom. The SMILES string of the molecule is C[C@@H](NC(=O)c1cccc([N+](=O)[O-])c1Cl)C(=O)O. The number of hydrogen-bond acceptors (Lipinski definition) is 4. The average Bonchev–Trinajstić information content (AvgIpc) is 2.28. The van der Waals surface area contributed by atoms with E-state index in [4.69, 9.17) is 16.7 Å². The molecule has 0 bridgehead atoms. The maximum atomic E-state index is 11.7. The quantitative estimate of drug-likeness (QED) is 0.637. The summed E-state index contributed by atoms with van der Waals surface area (Å²) in [6, 6.07) is 2.61. The second kappa shape index (κ2) is 5.46. The Morgan fingerprint density at radius 2 is 2.11 bits per heavy atom. The Labute approximate surface area is 107 Å². The number of aliphatic carboxylic acids is 1. The molecule has 0 aliphatic rings. The summed E-state index contributed by atoms with van der Waals surface area (Å²) in [6.07, 6.45) is 0. The van der Waals surface area contributed by atoms with Crippen LogP contribution in [-0.4, -0.2) is 27.9 Å². The number of carbonyl (C=O) groups excluding carboxylic acids is 1. The van der Waals surface area contributed by atoms with Crippen LogP contribution in [0.4, 0.5) is 5.69 Å². The molecule has 1 aromatic rings. The largest absolute Gasteiger partial charge is 0.480 e. The first kappa shape index (κ1) is 13.9. The van der Waals surface area contributed by atoms with E-state index in [0.29, 0.717) is 0 Å². The highest BCUT2D eigenvalue weighted by Gasteiger charge is 2.22. The molecule has 0 aliphatic carbocycles. The van der Waals surface area contributed by atoms with Gasteiger partial charge in [-0.25, -0.2) is 0 Å². The van der Waals surface area contributed by atoms with E-state index >= 15 is 0 Å². The van der Waals surface area contributed by atoms with Crippen LogP contribution in [0.5, 0.6) is 0 Å². The van der Waals surface area contributed by atoms with Gasteiger partial charge in [-0.3, -0.25) is 19.7 Å². The van der Waals surface area contributed by atoms with Gasteiger partial charge in [0.05, 0.1) is 10.5 Å². The zero-order valence-corrected chi connectivity index (χ0v) is 9.97. The van der Waals surface area contributed by atoms with E-state index in [-0.39, 0.29) is 10.6 Å². The minimum absolute atomic E-state index is 0.140. The highest BCUT2D eigenvalue weighted by atomic mass is 35.5. The molecule has 0 fully saturated rings. The summed E-state index contributed by atoms with van der Waals surface area (Å²) in [7, 11) is 0. The fourth-order valence-corrected chi connectivity index (χ4v) is 1.45. The highest BCUT2D eigenvalue weighted by Crippen LogP contribution is 2.27. The molecule has 0 aliphatic heterocycles. The maximum absolute atomic E-state index is 11.7. The van der Waals surface area contributed by atoms with Gasteiger partial charge in [0.15, 0.2) is 0 Å².